The van der Waals surface area contributed by atoms with E-state index in [4.69, 9.17) is 9.84 Å². The SMILES string of the molecule is COc1ccccc1C(=O)CN(CCCO)C1CCC1. The molecule has 1 N–H and O–H groups in total. The van der Waals surface area contributed by atoms with E-state index in [0.29, 0.717) is 23.9 Å². The number of ketones is 1. The summed E-state index contributed by atoms with van der Waals surface area (Å²) in [6.45, 7) is 1.36. The van der Waals surface area contributed by atoms with E-state index in [0.717, 1.165) is 25.8 Å². The first-order valence-electron chi connectivity index (χ1n) is 7.27. The van der Waals surface area contributed by atoms with Crippen molar-refractivity contribution in [1.29, 1.82) is 0 Å². The van der Waals surface area contributed by atoms with Crippen LogP contribution in [0.25, 0.3) is 0 Å². The van der Waals surface area contributed by atoms with Crippen LogP contribution in [0.15, 0.2) is 24.3 Å². The van der Waals surface area contributed by atoms with E-state index < -0.39 is 0 Å². The summed E-state index contributed by atoms with van der Waals surface area (Å²) >= 11 is 0. The summed E-state index contributed by atoms with van der Waals surface area (Å²) in [7, 11) is 1.58. The van der Waals surface area contributed by atoms with Gasteiger partial charge in [-0.2, -0.15) is 0 Å². The van der Waals surface area contributed by atoms with E-state index in [-0.39, 0.29) is 12.4 Å². The van der Waals surface area contributed by atoms with Crippen molar-refractivity contribution >= 4 is 5.78 Å². The van der Waals surface area contributed by atoms with Crippen molar-refractivity contribution in [2.24, 2.45) is 0 Å². The van der Waals surface area contributed by atoms with Crippen molar-refractivity contribution in [3.8, 4) is 5.75 Å². The van der Waals surface area contributed by atoms with Crippen LogP contribution in [0.5, 0.6) is 5.75 Å². The van der Waals surface area contributed by atoms with Crippen LogP contribution in [0.3, 0.4) is 0 Å². The molecule has 0 amide bonds. The van der Waals surface area contributed by atoms with Crippen LogP contribution in [0.4, 0.5) is 0 Å². The Labute approximate surface area is 120 Å². The van der Waals surface area contributed by atoms with Gasteiger partial charge in [0.1, 0.15) is 5.75 Å². The van der Waals surface area contributed by atoms with Gasteiger partial charge in [0.15, 0.2) is 5.78 Å². The third-order valence-corrected chi connectivity index (χ3v) is 3.95. The third-order valence-electron chi connectivity index (χ3n) is 3.95. The molecule has 0 bridgehead atoms. The van der Waals surface area contributed by atoms with Gasteiger partial charge in [-0.3, -0.25) is 9.69 Å². The highest BCUT2D eigenvalue weighted by atomic mass is 16.5. The Morgan fingerprint density at radius 3 is 2.75 bits per heavy atom. The predicted molar refractivity (Wildman–Crippen MR) is 78.2 cm³/mol. The van der Waals surface area contributed by atoms with Crippen LogP contribution in [0.2, 0.25) is 0 Å². The topological polar surface area (TPSA) is 49.8 Å². The Morgan fingerprint density at radius 1 is 1.40 bits per heavy atom. The lowest BCUT2D eigenvalue weighted by Gasteiger charge is -2.37. The second-order valence-electron chi connectivity index (χ2n) is 5.26. The monoisotopic (exact) mass is 277 g/mol. The minimum Gasteiger partial charge on any atom is -0.496 e. The maximum absolute atomic E-state index is 12.5. The quantitative estimate of drug-likeness (QED) is 0.739. The molecule has 0 heterocycles. The average molecular weight is 277 g/mol. The molecule has 0 radical (unpaired) electrons. The molecule has 4 nitrogen and oxygen atoms in total. The summed E-state index contributed by atoms with van der Waals surface area (Å²) in [6, 6.07) is 7.85. The standard InChI is InChI=1S/C16H23NO3/c1-20-16-9-3-2-8-14(16)15(19)12-17(10-5-11-18)13-6-4-7-13/h2-3,8-9,13,18H,4-7,10-12H2,1H3. The largest absolute Gasteiger partial charge is 0.496 e. The van der Waals surface area contributed by atoms with Gasteiger partial charge in [0.2, 0.25) is 0 Å². The number of methoxy groups -OCH3 is 1. The zero-order chi connectivity index (χ0) is 14.4. The lowest BCUT2D eigenvalue weighted by Crippen LogP contribution is -2.43. The molecule has 1 aliphatic rings. The molecule has 1 aromatic carbocycles. The minimum absolute atomic E-state index is 0.0901. The predicted octanol–water partition coefficient (Wildman–Crippen LogP) is 2.11. The van der Waals surface area contributed by atoms with Gasteiger partial charge in [0.05, 0.1) is 19.2 Å². The normalized spacial score (nSPS) is 15.2. The molecule has 2 rings (SSSR count). The Morgan fingerprint density at radius 2 is 2.15 bits per heavy atom. The molecule has 0 aliphatic heterocycles. The number of hydrogen-bond acceptors (Lipinski definition) is 4. The van der Waals surface area contributed by atoms with Gasteiger partial charge in [0.25, 0.3) is 0 Å². The highest BCUT2D eigenvalue weighted by Gasteiger charge is 2.26. The number of para-hydroxylation sites is 1. The molecule has 1 aromatic rings. The van der Waals surface area contributed by atoms with Crippen molar-refractivity contribution in [3.63, 3.8) is 0 Å². The van der Waals surface area contributed by atoms with Crippen LogP contribution < -0.4 is 4.74 Å². The minimum atomic E-state index is 0.0901. The second kappa shape index (κ2) is 7.41. The maximum atomic E-state index is 12.5. The number of Topliss-reactive ketones (excluding diaryl/α,β-unsaturated/α-hetero) is 1. The van der Waals surface area contributed by atoms with Crippen molar-refractivity contribution in [1.82, 2.24) is 4.90 Å². The van der Waals surface area contributed by atoms with E-state index in [1.807, 2.05) is 24.3 Å². The molecular weight excluding hydrogens is 254 g/mol. The zero-order valence-corrected chi connectivity index (χ0v) is 12.0. The summed E-state index contributed by atoms with van der Waals surface area (Å²) in [4.78, 5) is 14.7. The van der Waals surface area contributed by atoms with Crippen LogP contribution in [-0.4, -0.2) is 48.6 Å². The summed E-state index contributed by atoms with van der Waals surface area (Å²) in [5.74, 6) is 0.723. The van der Waals surface area contributed by atoms with E-state index >= 15 is 0 Å². The number of carbonyl (C=O) groups is 1. The van der Waals surface area contributed by atoms with Gasteiger partial charge in [-0.25, -0.2) is 0 Å². The number of ether oxygens (including phenoxy) is 1. The summed E-state index contributed by atoms with van der Waals surface area (Å²) < 4.78 is 5.25. The Hall–Kier alpha value is -1.39. The molecule has 0 saturated heterocycles. The first-order chi connectivity index (χ1) is 9.76. The Balaban J connectivity index is 2.03. The van der Waals surface area contributed by atoms with Gasteiger partial charge in [-0.1, -0.05) is 18.6 Å². The fraction of sp³-hybridized carbons (Fsp3) is 0.562. The first kappa shape index (κ1) is 15.0. The molecule has 0 unspecified atom stereocenters. The number of benzene rings is 1. The smallest absolute Gasteiger partial charge is 0.180 e. The van der Waals surface area contributed by atoms with Crippen LogP contribution in [-0.2, 0) is 0 Å². The Bertz CT molecular complexity index is 443. The number of rotatable bonds is 8. The molecule has 1 saturated carbocycles. The highest BCUT2D eigenvalue weighted by molar-refractivity contribution is 6.00. The first-order valence-corrected chi connectivity index (χ1v) is 7.27. The van der Waals surface area contributed by atoms with Crippen LogP contribution in [0.1, 0.15) is 36.0 Å². The van der Waals surface area contributed by atoms with Gasteiger partial charge in [0, 0.05) is 19.2 Å². The van der Waals surface area contributed by atoms with Gasteiger partial charge in [-0.15, -0.1) is 0 Å². The van der Waals surface area contributed by atoms with Crippen LogP contribution in [0, 0.1) is 0 Å². The number of carbonyl (C=O) groups excluding carboxylic acids is 1. The molecule has 20 heavy (non-hydrogen) atoms. The van der Waals surface area contributed by atoms with Crippen molar-refractivity contribution < 1.29 is 14.6 Å². The van der Waals surface area contributed by atoms with Gasteiger partial charge >= 0.3 is 0 Å². The maximum Gasteiger partial charge on any atom is 0.180 e. The molecule has 1 fully saturated rings. The van der Waals surface area contributed by atoms with Crippen LogP contribution >= 0.6 is 0 Å². The lowest BCUT2D eigenvalue weighted by molar-refractivity contribution is 0.0785. The number of hydrogen-bond donors (Lipinski definition) is 1. The fourth-order valence-electron chi connectivity index (χ4n) is 2.56. The van der Waals surface area contributed by atoms with Crippen molar-refractivity contribution in [2.75, 3.05) is 26.8 Å². The lowest BCUT2D eigenvalue weighted by atomic mass is 9.91. The second-order valence-corrected chi connectivity index (χ2v) is 5.26. The number of aliphatic hydroxyl groups is 1. The third kappa shape index (κ3) is 3.58. The molecular formula is C16H23NO3. The molecule has 110 valence electrons. The summed E-state index contributed by atoms with van der Waals surface area (Å²) in [5, 5.41) is 8.99. The Kier molecular flexibility index (Phi) is 5.56. The molecule has 0 aromatic heterocycles. The average Bonchev–Trinajstić information content (AvgIpc) is 2.42. The molecule has 4 heteroatoms. The van der Waals surface area contributed by atoms with E-state index in [2.05, 4.69) is 4.90 Å². The molecule has 1 aliphatic carbocycles. The fourth-order valence-corrected chi connectivity index (χ4v) is 2.56. The number of aliphatic hydroxyl groups excluding tert-OH is 1. The molecule has 0 spiro atoms. The van der Waals surface area contributed by atoms with E-state index in [1.54, 1.807) is 7.11 Å². The van der Waals surface area contributed by atoms with Crippen molar-refractivity contribution in [2.45, 2.75) is 31.7 Å². The van der Waals surface area contributed by atoms with Crippen molar-refractivity contribution in [3.05, 3.63) is 29.8 Å². The van der Waals surface area contributed by atoms with E-state index in [9.17, 15) is 4.79 Å². The number of nitrogens with zero attached hydrogens (tertiary/aromatic N) is 1. The van der Waals surface area contributed by atoms with Gasteiger partial charge in [-0.05, 0) is 31.4 Å². The highest BCUT2D eigenvalue weighted by Crippen LogP contribution is 2.26. The van der Waals surface area contributed by atoms with E-state index in [1.165, 1.54) is 6.42 Å². The zero-order valence-electron chi connectivity index (χ0n) is 12.0. The summed E-state index contributed by atoms with van der Waals surface area (Å²) in [5.41, 5.74) is 0.642. The van der Waals surface area contributed by atoms with Gasteiger partial charge < -0.3 is 9.84 Å². The summed E-state index contributed by atoms with van der Waals surface area (Å²) in [6.07, 6.45) is 4.27. The molecule has 0 atom stereocenters.